The molecular formula is C16H22O. The summed E-state index contributed by atoms with van der Waals surface area (Å²) in [5.41, 5.74) is 2.48. The number of allylic oxidation sites excluding steroid dienone is 1. The quantitative estimate of drug-likeness (QED) is 0.367. The van der Waals surface area contributed by atoms with Gasteiger partial charge in [-0.1, -0.05) is 62.9 Å². The van der Waals surface area contributed by atoms with E-state index in [1.54, 1.807) is 0 Å². The van der Waals surface area contributed by atoms with E-state index in [0.29, 0.717) is 0 Å². The molecule has 0 aliphatic carbocycles. The summed E-state index contributed by atoms with van der Waals surface area (Å²) in [6, 6.07) is 8.46. The zero-order valence-corrected chi connectivity index (χ0v) is 10.7. The molecule has 0 fully saturated rings. The number of carbonyl (C=O) groups excluding carboxylic acids is 1. The molecule has 17 heavy (non-hydrogen) atoms. The van der Waals surface area contributed by atoms with Gasteiger partial charge in [0, 0.05) is 0 Å². The molecule has 1 aromatic rings. The Hall–Kier alpha value is -1.37. The van der Waals surface area contributed by atoms with Crippen molar-refractivity contribution in [2.24, 2.45) is 0 Å². The summed E-state index contributed by atoms with van der Waals surface area (Å²) in [6.07, 6.45) is 12.0. The molecule has 0 N–H and O–H groups in total. The third-order valence-corrected chi connectivity index (χ3v) is 2.92. The van der Waals surface area contributed by atoms with Crippen molar-refractivity contribution >= 4 is 12.4 Å². The van der Waals surface area contributed by atoms with E-state index in [2.05, 4.69) is 31.2 Å². The van der Waals surface area contributed by atoms with Gasteiger partial charge in [0.25, 0.3) is 0 Å². The molecule has 0 aliphatic rings. The Morgan fingerprint density at radius 1 is 1.00 bits per heavy atom. The highest BCUT2D eigenvalue weighted by Crippen LogP contribution is 2.11. The van der Waals surface area contributed by atoms with Crippen molar-refractivity contribution in [3.05, 3.63) is 41.5 Å². The number of unbranched alkanes of at least 4 members (excludes halogenated alkanes) is 4. The lowest BCUT2D eigenvalue weighted by Crippen LogP contribution is -1.86. The van der Waals surface area contributed by atoms with E-state index in [9.17, 15) is 4.79 Å². The lowest BCUT2D eigenvalue weighted by atomic mass is 10.0. The van der Waals surface area contributed by atoms with Gasteiger partial charge in [0.2, 0.25) is 0 Å². The van der Waals surface area contributed by atoms with Crippen LogP contribution in [0.5, 0.6) is 0 Å². The number of rotatable bonds is 8. The fourth-order valence-corrected chi connectivity index (χ4v) is 1.88. The number of hydrogen-bond acceptors (Lipinski definition) is 1. The third kappa shape index (κ3) is 6.06. The Bertz CT molecular complexity index is 335. The Balaban J connectivity index is 2.30. The van der Waals surface area contributed by atoms with E-state index in [0.717, 1.165) is 11.8 Å². The summed E-state index contributed by atoms with van der Waals surface area (Å²) in [7, 11) is 0. The van der Waals surface area contributed by atoms with Crippen molar-refractivity contribution in [2.75, 3.05) is 0 Å². The van der Waals surface area contributed by atoms with Crippen LogP contribution in [0.3, 0.4) is 0 Å². The molecule has 0 amide bonds. The molecule has 0 heterocycles. The SMILES string of the molecule is CCCCCCCc1ccc(C=CC=O)cc1. The lowest BCUT2D eigenvalue weighted by Gasteiger charge is -2.02. The van der Waals surface area contributed by atoms with Gasteiger partial charge in [0.1, 0.15) is 6.29 Å². The predicted molar refractivity (Wildman–Crippen MR) is 74.0 cm³/mol. The van der Waals surface area contributed by atoms with Crippen molar-refractivity contribution in [3.8, 4) is 0 Å². The number of aryl methyl sites for hydroxylation is 1. The van der Waals surface area contributed by atoms with Crippen LogP contribution in [0.25, 0.3) is 6.08 Å². The van der Waals surface area contributed by atoms with Gasteiger partial charge in [-0.15, -0.1) is 0 Å². The van der Waals surface area contributed by atoms with E-state index in [-0.39, 0.29) is 0 Å². The van der Waals surface area contributed by atoms with Gasteiger partial charge in [0.15, 0.2) is 0 Å². The summed E-state index contributed by atoms with van der Waals surface area (Å²) in [5.74, 6) is 0. The second-order valence-electron chi connectivity index (χ2n) is 4.40. The van der Waals surface area contributed by atoms with E-state index < -0.39 is 0 Å². The molecule has 0 bridgehead atoms. The van der Waals surface area contributed by atoms with Gasteiger partial charge in [-0.05, 0) is 30.0 Å². The molecule has 1 nitrogen and oxygen atoms in total. The molecule has 0 saturated carbocycles. The minimum absolute atomic E-state index is 0.807. The fraction of sp³-hybridized carbons (Fsp3) is 0.438. The summed E-state index contributed by atoms with van der Waals surface area (Å²) >= 11 is 0. The monoisotopic (exact) mass is 230 g/mol. The Labute approximate surface area is 105 Å². The van der Waals surface area contributed by atoms with Gasteiger partial charge in [-0.2, -0.15) is 0 Å². The predicted octanol–water partition coefficient (Wildman–Crippen LogP) is 4.41. The first-order chi connectivity index (χ1) is 8.36. The highest BCUT2D eigenvalue weighted by molar-refractivity contribution is 5.73. The van der Waals surface area contributed by atoms with Crippen LogP contribution in [-0.2, 0) is 11.2 Å². The number of carbonyl (C=O) groups is 1. The molecule has 1 rings (SSSR count). The number of aldehydes is 1. The van der Waals surface area contributed by atoms with Gasteiger partial charge in [-0.25, -0.2) is 0 Å². The highest BCUT2D eigenvalue weighted by Gasteiger charge is 1.94. The molecule has 0 saturated heterocycles. The van der Waals surface area contributed by atoms with Crippen LogP contribution in [0.4, 0.5) is 0 Å². The fourth-order valence-electron chi connectivity index (χ4n) is 1.88. The van der Waals surface area contributed by atoms with E-state index in [4.69, 9.17) is 0 Å². The third-order valence-electron chi connectivity index (χ3n) is 2.92. The minimum Gasteiger partial charge on any atom is -0.299 e. The van der Waals surface area contributed by atoms with Crippen molar-refractivity contribution in [1.29, 1.82) is 0 Å². The van der Waals surface area contributed by atoms with Gasteiger partial charge in [0.05, 0.1) is 0 Å². The maximum Gasteiger partial charge on any atom is 0.142 e. The Kier molecular flexibility index (Phi) is 7.04. The normalized spacial score (nSPS) is 10.9. The van der Waals surface area contributed by atoms with E-state index >= 15 is 0 Å². The Morgan fingerprint density at radius 3 is 2.35 bits per heavy atom. The van der Waals surface area contributed by atoms with Gasteiger partial charge < -0.3 is 0 Å². The molecular weight excluding hydrogens is 208 g/mol. The number of benzene rings is 1. The van der Waals surface area contributed by atoms with Crippen molar-refractivity contribution < 1.29 is 4.79 Å². The van der Waals surface area contributed by atoms with Crippen LogP contribution in [0.1, 0.15) is 50.2 Å². The van der Waals surface area contributed by atoms with Crippen molar-refractivity contribution in [2.45, 2.75) is 45.4 Å². The molecule has 1 aromatic carbocycles. The maximum atomic E-state index is 10.2. The van der Waals surface area contributed by atoms with Crippen molar-refractivity contribution in [3.63, 3.8) is 0 Å². The van der Waals surface area contributed by atoms with Crippen LogP contribution in [0, 0.1) is 0 Å². The first-order valence-corrected chi connectivity index (χ1v) is 6.57. The average molecular weight is 230 g/mol. The van der Waals surface area contributed by atoms with Gasteiger partial charge >= 0.3 is 0 Å². The van der Waals surface area contributed by atoms with Crippen LogP contribution >= 0.6 is 0 Å². The van der Waals surface area contributed by atoms with E-state index in [1.165, 1.54) is 50.2 Å². The maximum absolute atomic E-state index is 10.2. The summed E-state index contributed by atoms with van der Waals surface area (Å²) < 4.78 is 0. The van der Waals surface area contributed by atoms with Crippen LogP contribution in [0.15, 0.2) is 30.3 Å². The minimum atomic E-state index is 0.807. The second-order valence-corrected chi connectivity index (χ2v) is 4.40. The summed E-state index contributed by atoms with van der Waals surface area (Å²) in [4.78, 5) is 10.2. The van der Waals surface area contributed by atoms with Crippen molar-refractivity contribution in [1.82, 2.24) is 0 Å². The zero-order valence-electron chi connectivity index (χ0n) is 10.7. The number of hydrogen-bond donors (Lipinski definition) is 0. The first-order valence-electron chi connectivity index (χ1n) is 6.57. The molecule has 0 radical (unpaired) electrons. The lowest BCUT2D eigenvalue weighted by molar-refractivity contribution is -0.104. The van der Waals surface area contributed by atoms with E-state index in [1.807, 2.05) is 6.08 Å². The molecule has 0 unspecified atom stereocenters. The largest absolute Gasteiger partial charge is 0.299 e. The smallest absolute Gasteiger partial charge is 0.142 e. The highest BCUT2D eigenvalue weighted by atomic mass is 16.1. The standard InChI is InChI=1S/C16H22O/c1-2-3-4-5-6-8-15-10-12-16(13-11-15)9-7-14-17/h7,9-14H,2-6,8H2,1H3. The topological polar surface area (TPSA) is 17.1 Å². The molecule has 0 aliphatic heterocycles. The molecule has 0 spiro atoms. The molecule has 1 heteroatoms. The van der Waals surface area contributed by atoms with Crippen LogP contribution in [0.2, 0.25) is 0 Å². The summed E-state index contributed by atoms with van der Waals surface area (Å²) in [5, 5.41) is 0. The van der Waals surface area contributed by atoms with Crippen LogP contribution in [-0.4, -0.2) is 6.29 Å². The molecule has 0 atom stereocenters. The van der Waals surface area contributed by atoms with Gasteiger partial charge in [-0.3, -0.25) is 4.79 Å². The second kappa shape index (κ2) is 8.74. The zero-order chi connectivity index (χ0) is 12.3. The molecule has 92 valence electrons. The van der Waals surface area contributed by atoms with Crippen LogP contribution < -0.4 is 0 Å². The Morgan fingerprint density at radius 2 is 1.71 bits per heavy atom. The first kappa shape index (κ1) is 13.7. The molecule has 0 aromatic heterocycles. The average Bonchev–Trinajstić information content (AvgIpc) is 2.37. The summed E-state index contributed by atoms with van der Waals surface area (Å²) in [6.45, 7) is 2.24.